The highest BCUT2D eigenvalue weighted by atomic mass is 16.4. The molecule has 0 radical (unpaired) electrons. The molecule has 1 saturated heterocycles. The summed E-state index contributed by atoms with van der Waals surface area (Å²) < 4.78 is 0. The fourth-order valence-corrected chi connectivity index (χ4v) is 5.61. The lowest BCUT2D eigenvalue weighted by Crippen LogP contribution is -2.42. The summed E-state index contributed by atoms with van der Waals surface area (Å²) in [5, 5.41) is 12.2. The molecule has 2 fully saturated rings. The molecule has 0 spiro atoms. The van der Waals surface area contributed by atoms with Gasteiger partial charge in [0.25, 0.3) is 5.91 Å². The van der Waals surface area contributed by atoms with Crippen molar-refractivity contribution in [1.29, 1.82) is 0 Å². The third-order valence-corrected chi connectivity index (χ3v) is 7.67. The average molecular weight is 492 g/mol. The van der Waals surface area contributed by atoms with Gasteiger partial charge in [-0.15, -0.1) is 0 Å². The number of aryl methyl sites for hydroxylation is 1. The summed E-state index contributed by atoms with van der Waals surface area (Å²) in [5.74, 6) is -1.31. The zero-order chi connectivity index (χ0) is 25.5. The van der Waals surface area contributed by atoms with E-state index in [0.29, 0.717) is 37.0 Å². The molecule has 2 aromatic carbocycles. The van der Waals surface area contributed by atoms with Crippen LogP contribution in [0.1, 0.15) is 72.3 Å². The van der Waals surface area contributed by atoms with Gasteiger partial charge in [-0.25, -0.2) is 0 Å². The third kappa shape index (κ3) is 6.72. The minimum absolute atomic E-state index is 0.124. The zero-order valence-electron chi connectivity index (χ0n) is 20.8. The van der Waals surface area contributed by atoms with Gasteiger partial charge >= 0.3 is 5.97 Å². The molecule has 7 heteroatoms. The van der Waals surface area contributed by atoms with Crippen LogP contribution in [0, 0.1) is 5.92 Å². The van der Waals surface area contributed by atoms with Gasteiger partial charge in [-0.2, -0.15) is 0 Å². The second kappa shape index (κ2) is 12.2. The maximum atomic E-state index is 13.0. The number of benzene rings is 2. The highest BCUT2D eigenvalue weighted by Gasteiger charge is 2.40. The van der Waals surface area contributed by atoms with Crippen molar-refractivity contribution in [3.05, 3.63) is 71.3 Å². The molecular formula is C29H37N3O4. The Labute approximate surface area is 213 Å². The Morgan fingerprint density at radius 2 is 1.69 bits per heavy atom. The molecule has 36 heavy (non-hydrogen) atoms. The van der Waals surface area contributed by atoms with E-state index in [1.54, 1.807) is 4.90 Å². The Morgan fingerprint density at radius 1 is 1.00 bits per heavy atom. The monoisotopic (exact) mass is 491 g/mol. The number of nitrogens with two attached hydrogens (primary N) is 1. The lowest BCUT2D eigenvalue weighted by atomic mass is 9.82. The number of nitrogens with zero attached hydrogens (tertiary/aromatic N) is 1. The van der Waals surface area contributed by atoms with E-state index in [1.807, 2.05) is 42.5 Å². The van der Waals surface area contributed by atoms with Crippen LogP contribution in [0.15, 0.2) is 54.6 Å². The number of likely N-dealkylation sites (tertiary alicyclic amines) is 1. The molecule has 0 unspecified atom stereocenters. The Morgan fingerprint density at radius 3 is 2.36 bits per heavy atom. The smallest absolute Gasteiger partial charge is 0.304 e. The number of carbonyl (C=O) groups is 3. The van der Waals surface area contributed by atoms with Gasteiger partial charge in [0.15, 0.2) is 0 Å². The number of carbonyl (C=O) groups excluding carboxylic acids is 2. The van der Waals surface area contributed by atoms with Gasteiger partial charge in [-0.3, -0.25) is 14.4 Å². The minimum atomic E-state index is -0.970. The summed E-state index contributed by atoms with van der Waals surface area (Å²) in [5.41, 5.74) is 9.07. The first-order valence-corrected chi connectivity index (χ1v) is 13.1. The fraction of sp³-hybridized carbons (Fsp3) is 0.483. The lowest BCUT2D eigenvalue weighted by molar-refractivity contribution is -0.142. The molecule has 2 aromatic rings. The van der Waals surface area contributed by atoms with Gasteiger partial charge in [0.05, 0.1) is 12.3 Å². The van der Waals surface area contributed by atoms with Crippen LogP contribution in [-0.4, -0.2) is 53.0 Å². The summed E-state index contributed by atoms with van der Waals surface area (Å²) in [6.07, 6.45) is 6.14. The van der Waals surface area contributed by atoms with Gasteiger partial charge in [-0.05, 0) is 74.1 Å². The van der Waals surface area contributed by atoms with Crippen molar-refractivity contribution in [3.8, 4) is 0 Å². The van der Waals surface area contributed by atoms with Crippen molar-refractivity contribution in [2.45, 2.75) is 69.4 Å². The number of aliphatic carboxylic acids is 1. The van der Waals surface area contributed by atoms with Gasteiger partial charge < -0.3 is 21.1 Å². The van der Waals surface area contributed by atoms with E-state index in [-0.39, 0.29) is 24.3 Å². The molecule has 2 amide bonds. The van der Waals surface area contributed by atoms with Crippen molar-refractivity contribution < 1.29 is 19.5 Å². The van der Waals surface area contributed by atoms with E-state index in [9.17, 15) is 19.5 Å². The number of carboxylic acids is 1. The first-order chi connectivity index (χ1) is 17.4. The SMILES string of the molecule is N[C@H]1CC[C@H](c2ccc(C(=O)NC[C@@H]3C[C@@H](CC(=O)O)C(=O)N3CCCc3ccccc3)cc2)CC1. The Balaban J connectivity index is 1.33. The number of hydrogen-bond acceptors (Lipinski definition) is 4. The Hall–Kier alpha value is -3.19. The summed E-state index contributed by atoms with van der Waals surface area (Å²) in [7, 11) is 0. The maximum absolute atomic E-state index is 13.0. The fourth-order valence-electron chi connectivity index (χ4n) is 5.61. The molecule has 1 heterocycles. The number of carboxylic acid groups (broad SMARTS) is 1. The number of amides is 2. The van der Waals surface area contributed by atoms with Gasteiger partial charge in [0.2, 0.25) is 5.91 Å². The molecule has 2 atom stereocenters. The zero-order valence-corrected chi connectivity index (χ0v) is 20.8. The van der Waals surface area contributed by atoms with E-state index in [2.05, 4.69) is 17.4 Å². The molecule has 7 nitrogen and oxygen atoms in total. The quantitative estimate of drug-likeness (QED) is 0.469. The molecule has 4 rings (SSSR count). The van der Waals surface area contributed by atoms with Crippen LogP contribution in [-0.2, 0) is 16.0 Å². The summed E-state index contributed by atoms with van der Waals surface area (Å²) in [6.45, 7) is 0.860. The van der Waals surface area contributed by atoms with Crippen LogP contribution in [0.25, 0.3) is 0 Å². The number of rotatable bonds is 10. The van der Waals surface area contributed by atoms with Crippen molar-refractivity contribution >= 4 is 17.8 Å². The van der Waals surface area contributed by atoms with Crippen LogP contribution in [0.2, 0.25) is 0 Å². The molecule has 1 aliphatic carbocycles. The molecule has 1 aliphatic heterocycles. The Bertz CT molecular complexity index is 1030. The predicted molar refractivity (Wildman–Crippen MR) is 139 cm³/mol. The largest absolute Gasteiger partial charge is 0.481 e. The first-order valence-electron chi connectivity index (χ1n) is 13.1. The molecule has 0 bridgehead atoms. The standard InChI is InChI=1S/C29H37N3O4/c30-25-14-12-22(13-15-25)21-8-10-23(11-9-21)28(35)31-19-26-17-24(18-27(33)34)29(36)32(26)16-4-7-20-5-2-1-3-6-20/h1-3,5-6,8-11,22,24-26H,4,7,12-19,30H2,(H,31,35)(H,33,34)/t22-,24-,25-,26-/m0/s1. The van der Waals surface area contributed by atoms with Crippen LogP contribution in [0.4, 0.5) is 0 Å². The number of hydrogen-bond donors (Lipinski definition) is 3. The van der Waals surface area contributed by atoms with Crippen LogP contribution in [0.3, 0.4) is 0 Å². The second-order valence-corrected chi connectivity index (χ2v) is 10.2. The maximum Gasteiger partial charge on any atom is 0.304 e. The van der Waals surface area contributed by atoms with E-state index in [1.165, 1.54) is 11.1 Å². The topological polar surface area (TPSA) is 113 Å². The summed E-state index contributed by atoms with van der Waals surface area (Å²) in [6, 6.07) is 18.0. The van der Waals surface area contributed by atoms with E-state index >= 15 is 0 Å². The van der Waals surface area contributed by atoms with Crippen molar-refractivity contribution in [3.63, 3.8) is 0 Å². The van der Waals surface area contributed by atoms with E-state index in [4.69, 9.17) is 5.73 Å². The molecule has 4 N–H and O–H groups in total. The first kappa shape index (κ1) is 25.9. The highest BCUT2D eigenvalue weighted by Crippen LogP contribution is 2.32. The molecule has 1 saturated carbocycles. The summed E-state index contributed by atoms with van der Waals surface area (Å²) >= 11 is 0. The minimum Gasteiger partial charge on any atom is -0.481 e. The van der Waals surface area contributed by atoms with Crippen molar-refractivity contribution in [1.82, 2.24) is 10.2 Å². The van der Waals surface area contributed by atoms with Gasteiger partial charge in [-0.1, -0.05) is 42.5 Å². The second-order valence-electron chi connectivity index (χ2n) is 10.2. The summed E-state index contributed by atoms with van der Waals surface area (Å²) in [4.78, 5) is 38.9. The third-order valence-electron chi connectivity index (χ3n) is 7.67. The van der Waals surface area contributed by atoms with Crippen LogP contribution < -0.4 is 11.1 Å². The molecule has 2 aliphatic rings. The van der Waals surface area contributed by atoms with Crippen molar-refractivity contribution in [2.24, 2.45) is 11.7 Å². The molecular weight excluding hydrogens is 454 g/mol. The Kier molecular flexibility index (Phi) is 8.75. The van der Waals surface area contributed by atoms with Gasteiger partial charge in [0, 0.05) is 30.7 Å². The van der Waals surface area contributed by atoms with E-state index < -0.39 is 11.9 Å². The van der Waals surface area contributed by atoms with Gasteiger partial charge in [0.1, 0.15) is 0 Å². The van der Waals surface area contributed by atoms with E-state index in [0.717, 1.165) is 38.5 Å². The highest BCUT2D eigenvalue weighted by molar-refractivity contribution is 5.94. The van der Waals surface area contributed by atoms with Crippen LogP contribution >= 0.6 is 0 Å². The molecule has 192 valence electrons. The average Bonchev–Trinajstić information content (AvgIpc) is 3.17. The van der Waals surface area contributed by atoms with Crippen LogP contribution in [0.5, 0.6) is 0 Å². The molecule has 0 aromatic heterocycles. The number of nitrogens with one attached hydrogen (secondary N) is 1. The van der Waals surface area contributed by atoms with Crippen molar-refractivity contribution in [2.75, 3.05) is 13.1 Å². The lowest BCUT2D eigenvalue weighted by Gasteiger charge is -2.26. The predicted octanol–water partition coefficient (Wildman–Crippen LogP) is 3.73. The normalized spacial score (nSPS) is 24.0.